The zero-order chi connectivity index (χ0) is 13.7. The first-order valence-corrected chi connectivity index (χ1v) is 7.10. The number of esters is 1. The molecule has 6 heteroatoms. The monoisotopic (exact) mass is 266 g/mol. The van der Waals surface area contributed by atoms with Crippen molar-refractivity contribution in [3.05, 3.63) is 10.4 Å². The van der Waals surface area contributed by atoms with Crippen LogP contribution in [0.4, 0.5) is 0 Å². The van der Waals surface area contributed by atoms with Crippen molar-refractivity contribution in [2.75, 3.05) is 20.2 Å². The molecule has 0 N–H and O–H groups in total. The van der Waals surface area contributed by atoms with E-state index < -0.39 is 0 Å². The normalized spacial score (nSPS) is 28.9. The minimum Gasteiger partial charge on any atom is -0.468 e. The molecule has 1 saturated heterocycles. The minimum absolute atomic E-state index is 0.0994. The van der Waals surface area contributed by atoms with Gasteiger partial charge in [0.25, 0.3) is 0 Å². The molecule has 0 aromatic carbocycles. The molecule has 2 atom stereocenters. The molecule has 2 fully saturated rings. The molecule has 1 aliphatic heterocycles. The Balaban J connectivity index is 1.97. The molecule has 2 aliphatic rings. The van der Waals surface area contributed by atoms with Crippen LogP contribution in [-0.2, 0) is 9.53 Å². The molecule has 0 aromatic rings. The molecule has 0 aromatic heterocycles. The summed E-state index contributed by atoms with van der Waals surface area (Å²) in [5.74, 6) is 0.470. The van der Waals surface area contributed by atoms with Gasteiger partial charge in [0.15, 0.2) is 0 Å². The third-order valence-electron chi connectivity index (χ3n) is 4.29. The Hall–Kier alpha value is -1.26. The molecule has 1 heterocycles. The van der Waals surface area contributed by atoms with Crippen LogP contribution in [0.5, 0.6) is 0 Å². The molecule has 0 spiro atoms. The van der Waals surface area contributed by atoms with Gasteiger partial charge in [0, 0.05) is 18.0 Å². The van der Waals surface area contributed by atoms with Crippen molar-refractivity contribution in [3.8, 4) is 0 Å². The van der Waals surface area contributed by atoms with Gasteiger partial charge in [0.05, 0.1) is 13.2 Å². The van der Waals surface area contributed by atoms with Gasteiger partial charge < -0.3 is 4.74 Å². The first-order chi connectivity index (χ1) is 9.24. The molecular weight excluding hydrogens is 244 g/mol. The Bertz CT molecular complexity index is 362. The number of carbonyl (C=O) groups excluding carboxylic acids is 1. The summed E-state index contributed by atoms with van der Waals surface area (Å²) >= 11 is 0. The predicted molar refractivity (Wildman–Crippen MR) is 71.5 cm³/mol. The van der Waals surface area contributed by atoms with Crippen molar-refractivity contribution in [3.63, 3.8) is 0 Å². The maximum atomic E-state index is 11.8. The van der Waals surface area contributed by atoms with Crippen LogP contribution >= 0.6 is 0 Å². The van der Waals surface area contributed by atoms with Gasteiger partial charge in [-0.05, 0) is 30.7 Å². The van der Waals surface area contributed by atoms with E-state index in [1.807, 2.05) is 0 Å². The summed E-state index contributed by atoms with van der Waals surface area (Å²) in [4.78, 5) is 16.8. The molecule has 1 unspecified atom stereocenters. The number of rotatable bonds is 4. The van der Waals surface area contributed by atoms with E-state index in [-0.39, 0.29) is 18.1 Å². The summed E-state index contributed by atoms with van der Waals surface area (Å²) in [6, 6.07) is -0.333. The highest BCUT2D eigenvalue weighted by atomic mass is 16.5. The largest absolute Gasteiger partial charge is 0.468 e. The van der Waals surface area contributed by atoms with Crippen LogP contribution in [0.1, 0.15) is 38.5 Å². The summed E-state index contributed by atoms with van der Waals surface area (Å²) in [6.45, 7) is 1.61. The second-order valence-electron chi connectivity index (χ2n) is 5.59. The van der Waals surface area contributed by atoms with Gasteiger partial charge >= 0.3 is 5.97 Å². The molecule has 2 rings (SSSR count). The Labute approximate surface area is 113 Å². The van der Waals surface area contributed by atoms with E-state index in [2.05, 4.69) is 14.9 Å². The van der Waals surface area contributed by atoms with Crippen LogP contribution in [0, 0.1) is 5.92 Å². The van der Waals surface area contributed by atoms with Crippen LogP contribution in [0.25, 0.3) is 10.4 Å². The summed E-state index contributed by atoms with van der Waals surface area (Å²) in [7, 11) is 1.42. The third kappa shape index (κ3) is 3.61. The molecule has 0 amide bonds. The Morgan fingerprint density at radius 2 is 2.16 bits per heavy atom. The fraction of sp³-hybridized carbons (Fsp3) is 0.923. The lowest BCUT2D eigenvalue weighted by Crippen LogP contribution is -2.40. The molecular formula is C13H22N4O2. The maximum Gasteiger partial charge on any atom is 0.323 e. The third-order valence-corrected chi connectivity index (χ3v) is 4.29. The van der Waals surface area contributed by atoms with Crippen molar-refractivity contribution >= 4 is 5.97 Å². The van der Waals surface area contributed by atoms with E-state index >= 15 is 0 Å². The number of likely N-dealkylation sites (tertiary alicyclic amines) is 1. The average Bonchev–Trinajstić information content (AvgIpc) is 2.82. The number of carbonyl (C=O) groups is 1. The Morgan fingerprint density at radius 1 is 1.42 bits per heavy atom. The van der Waals surface area contributed by atoms with Crippen LogP contribution < -0.4 is 0 Å². The van der Waals surface area contributed by atoms with Gasteiger partial charge in [-0.2, -0.15) is 0 Å². The quantitative estimate of drug-likeness (QED) is 0.339. The van der Waals surface area contributed by atoms with Crippen molar-refractivity contribution in [1.29, 1.82) is 0 Å². The number of azide groups is 1. The van der Waals surface area contributed by atoms with E-state index in [4.69, 9.17) is 10.3 Å². The van der Waals surface area contributed by atoms with Crippen LogP contribution in [-0.4, -0.2) is 43.2 Å². The maximum absolute atomic E-state index is 11.8. The van der Waals surface area contributed by atoms with Crippen molar-refractivity contribution in [2.45, 2.75) is 50.6 Å². The SMILES string of the molecule is COC(=O)C1C[C@H](N=[N+]=[N-])CN1CC1CCCCC1. The number of ether oxygens (including phenoxy) is 1. The molecule has 106 valence electrons. The summed E-state index contributed by atoms with van der Waals surface area (Å²) < 4.78 is 4.86. The lowest BCUT2D eigenvalue weighted by Gasteiger charge is -2.29. The summed E-state index contributed by atoms with van der Waals surface area (Å²) in [6.07, 6.45) is 7.00. The molecule has 0 bridgehead atoms. The van der Waals surface area contributed by atoms with Crippen molar-refractivity contribution in [1.82, 2.24) is 4.90 Å². The average molecular weight is 266 g/mol. The lowest BCUT2D eigenvalue weighted by molar-refractivity contribution is -0.146. The molecule has 0 radical (unpaired) electrons. The van der Waals surface area contributed by atoms with E-state index in [0.717, 1.165) is 6.54 Å². The fourth-order valence-electron chi connectivity index (χ4n) is 3.32. The van der Waals surface area contributed by atoms with Crippen molar-refractivity contribution in [2.24, 2.45) is 11.0 Å². The molecule has 19 heavy (non-hydrogen) atoms. The number of methoxy groups -OCH3 is 1. The van der Waals surface area contributed by atoms with Gasteiger partial charge in [0.2, 0.25) is 0 Å². The predicted octanol–water partition coefficient (Wildman–Crippen LogP) is 2.49. The molecule has 1 saturated carbocycles. The smallest absolute Gasteiger partial charge is 0.323 e. The lowest BCUT2D eigenvalue weighted by atomic mass is 9.89. The van der Waals surface area contributed by atoms with Gasteiger partial charge in [-0.1, -0.05) is 24.4 Å². The molecule has 1 aliphatic carbocycles. The standard InChI is InChI=1S/C13H22N4O2/c1-19-13(18)12-7-11(15-16-14)9-17(12)8-10-5-3-2-4-6-10/h10-12H,2-9H2,1H3/t11-,12?/m0/s1. The second-order valence-corrected chi connectivity index (χ2v) is 5.59. The topological polar surface area (TPSA) is 78.3 Å². The van der Waals surface area contributed by atoms with E-state index in [9.17, 15) is 4.79 Å². The van der Waals surface area contributed by atoms with Crippen LogP contribution in [0.2, 0.25) is 0 Å². The van der Waals surface area contributed by atoms with Gasteiger partial charge in [-0.15, -0.1) is 0 Å². The summed E-state index contributed by atoms with van der Waals surface area (Å²) in [5, 5.41) is 3.76. The zero-order valence-electron chi connectivity index (χ0n) is 11.5. The van der Waals surface area contributed by atoms with Gasteiger partial charge in [0.1, 0.15) is 6.04 Å². The highest BCUT2D eigenvalue weighted by Crippen LogP contribution is 2.28. The minimum atomic E-state index is -0.234. The Morgan fingerprint density at radius 3 is 2.79 bits per heavy atom. The van der Waals surface area contributed by atoms with Gasteiger partial charge in [-0.25, -0.2) is 0 Å². The molecule has 6 nitrogen and oxygen atoms in total. The second kappa shape index (κ2) is 6.78. The summed E-state index contributed by atoms with van der Waals surface area (Å²) in [5.41, 5.74) is 8.54. The first-order valence-electron chi connectivity index (χ1n) is 7.10. The van der Waals surface area contributed by atoms with Crippen LogP contribution in [0.3, 0.4) is 0 Å². The van der Waals surface area contributed by atoms with E-state index in [1.54, 1.807) is 0 Å². The fourth-order valence-corrected chi connectivity index (χ4v) is 3.32. The highest BCUT2D eigenvalue weighted by Gasteiger charge is 2.38. The number of hydrogen-bond acceptors (Lipinski definition) is 4. The number of nitrogens with zero attached hydrogens (tertiary/aromatic N) is 4. The Kier molecular flexibility index (Phi) is 5.05. The van der Waals surface area contributed by atoms with E-state index in [0.29, 0.717) is 18.9 Å². The van der Waals surface area contributed by atoms with E-state index in [1.165, 1.54) is 39.2 Å². The highest BCUT2D eigenvalue weighted by molar-refractivity contribution is 5.76. The zero-order valence-corrected chi connectivity index (χ0v) is 11.5. The van der Waals surface area contributed by atoms with Gasteiger partial charge in [-0.3, -0.25) is 9.69 Å². The first kappa shape index (κ1) is 14.2. The number of hydrogen-bond donors (Lipinski definition) is 0. The van der Waals surface area contributed by atoms with Crippen LogP contribution in [0.15, 0.2) is 5.11 Å². The van der Waals surface area contributed by atoms with Crippen molar-refractivity contribution < 1.29 is 9.53 Å².